The van der Waals surface area contributed by atoms with E-state index >= 15 is 0 Å². The number of hydrogen-bond donors (Lipinski definition) is 1. The highest BCUT2D eigenvalue weighted by molar-refractivity contribution is 5.75. The second-order valence-electron chi connectivity index (χ2n) is 5.09. The summed E-state index contributed by atoms with van der Waals surface area (Å²) in [6.45, 7) is 7.67. The van der Waals surface area contributed by atoms with E-state index in [9.17, 15) is 4.79 Å². The van der Waals surface area contributed by atoms with Crippen molar-refractivity contribution in [3.8, 4) is 0 Å². The molecule has 0 spiro atoms. The lowest BCUT2D eigenvalue weighted by atomic mass is 10.0. The Hall–Kier alpha value is -1.43. The molecular formula is C13H22N4O2. The lowest BCUT2D eigenvalue weighted by molar-refractivity contribution is -0.121. The molecule has 6 heteroatoms. The predicted octanol–water partition coefficient (Wildman–Crippen LogP) is 1.43. The minimum Gasteiger partial charge on any atom is -0.353 e. The quantitative estimate of drug-likeness (QED) is 0.892. The summed E-state index contributed by atoms with van der Waals surface area (Å²) in [5, 5.41) is 6.88. The Bertz CT molecular complexity index is 424. The number of rotatable bonds is 4. The largest absolute Gasteiger partial charge is 0.353 e. The van der Waals surface area contributed by atoms with E-state index in [4.69, 9.17) is 4.52 Å². The fourth-order valence-electron chi connectivity index (χ4n) is 2.40. The molecule has 6 nitrogen and oxygen atoms in total. The van der Waals surface area contributed by atoms with Gasteiger partial charge in [-0.3, -0.25) is 9.69 Å². The van der Waals surface area contributed by atoms with Crippen molar-refractivity contribution in [3.05, 3.63) is 11.7 Å². The van der Waals surface area contributed by atoms with Crippen molar-refractivity contribution in [3.63, 3.8) is 0 Å². The molecule has 1 aliphatic rings. The van der Waals surface area contributed by atoms with Gasteiger partial charge in [-0.25, -0.2) is 0 Å². The monoisotopic (exact) mass is 266 g/mol. The van der Waals surface area contributed by atoms with Crippen molar-refractivity contribution in [2.24, 2.45) is 0 Å². The Balaban J connectivity index is 1.84. The van der Waals surface area contributed by atoms with Gasteiger partial charge >= 0.3 is 0 Å². The molecule has 2 heterocycles. The first kappa shape index (κ1) is 14.0. The third-order valence-electron chi connectivity index (χ3n) is 3.66. The van der Waals surface area contributed by atoms with Crippen LogP contribution in [0.3, 0.4) is 0 Å². The van der Waals surface area contributed by atoms with Gasteiger partial charge in [0.25, 0.3) is 0 Å². The van der Waals surface area contributed by atoms with Crippen LogP contribution in [0.2, 0.25) is 0 Å². The topological polar surface area (TPSA) is 71.3 Å². The first-order valence-corrected chi connectivity index (χ1v) is 6.93. The predicted molar refractivity (Wildman–Crippen MR) is 70.5 cm³/mol. The SMILES string of the molecule is CCC(=O)NC1CCN(C(C)c2nc(C)no2)CC1. The molecule has 1 aromatic rings. The summed E-state index contributed by atoms with van der Waals surface area (Å²) in [5.41, 5.74) is 0. The molecule has 0 aromatic carbocycles. The molecule has 0 bridgehead atoms. The normalized spacial score (nSPS) is 19.3. The van der Waals surface area contributed by atoms with Crippen LogP contribution in [0.25, 0.3) is 0 Å². The Morgan fingerprint density at radius 1 is 1.53 bits per heavy atom. The van der Waals surface area contributed by atoms with Crippen LogP contribution in [-0.4, -0.2) is 40.1 Å². The van der Waals surface area contributed by atoms with Gasteiger partial charge in [-0.15, -0.1) is 0 Å². The molecule has 0 radical (unpaired) electrons. The van der Waals surface area contributed by atoms with Gasteiger partial charge in [-0.05, 0) is 26.7 Å². The van der Waals surface area contributed by atoms with E-state index < -0.39 is 0 Å². The summed E-state index contributed by atoms with van der Waals surface area (Å²) in [6.07, 6.45) is 2.50. The fourth-order valence-corrected chi connectivity index (χ4v) is 2.40. The molecular weight excluding hydrogens is 244 g/mol. The highest BCUT2D eigenvalue weighted by Gasteiger charge is 2.26. The van der Waals surface area contributed by atoms with E-state index in [0.29, 0.717) is 24.2 Å². The summed E-state index contributed by atoms with van der Waals surface area (Å²) in [6, 6.07) is 0.448. The molecule has 1 amide bonds. The number of nitrogens with zero attached hydrogens (tertiary/aromatic N) is 3. The second-order valence-corrected chi connectivity index (χ2v) is 5.09. The molecule has 1 fully saturated rings. The van der Waals surface area contributed by atoms with Crippen LogP contribution in [0.15, 0.2) is 4.52 Å². The first-order valence-electron chi connectivity index (χ1n) is 6.93. The Morgan fingerprint density at radius 2 is 2.21 bits per heavy atom. The van der Waals surface area contributed by atoms with Gasteiger partial charge in [0.2, 0.25) is 11.8 Å². The maximum absolute atomic E-state index is 11.4. The summed E-state index contributed by atoms with van der Waals surface area (Å²) in [7, 11) is 0. The Morgan fingerprint density at radius 3 is 2.74 bits per heavy atom. The lowest BCUT2D eigenvalue weighted by Gasteiger charge is -2.34. The van der Waals surface area contributed by atoms with Gasteiger partial charge in [0.1, 0.15) is 0 Å². The van der Waals surface area contributed by atoms with E-state index in [1.807, 2.05) is 13.8 Å². The number of aryl methyl sites for hydroxylation is 1. The van der Waals surface area contributed by atoms with Crippen LogP contribution in [0.5, 0.6) is 0 Å². The van der Waals surface area contributed by atoms with E-state index in [2.05, 4.69) is 27.3 Å². The van der Waals surface area contributed by atoms with Gasteiger partial charge in [-0.2, -0.15) is 4.98 Å². The van der Waals surface area contributed by atoms with Gasteiger partial charge in [0.15, 0.2) is 5.82 Å². The number of aromatic nitrogens is 2. The number of carbonyl (C=O) groups is 1. The van der Waals surface area contributed by atoms with Crippen LogP contribution >= 0.6 is 0 Å². The number of carbonyl (C=O) groups excluding carboxylic acids is 1. The smallest absolute Gasteiger partial charge is 0.243 e. The summed E-state index contributed by atoms with van der Waals surface area (Å²) < 4.78 is 5.22. The van der Waals surface area contributed by atoms with Crippen molar-refractivity contribution in [2.75, 3.05) is 13.1 Å². The Kier molecular flexibility index (Phi) is 4.52. The maximum atomic E-state index is 11.4. The Labute approximate surface area is 113 Å². The van der Waals surface area contributed by atoms with Crippen LogP contribution in [0.4, 0.5) is 0 Å². The molecule has 19 heavy (non-hydrogen) atoms. The van der Waals surface area contributed by atoms with E-state index in [0.717, 1.165) is 25.9 Å². The number of nitrogens with one attached hydrogen (secondary N) is 1. The molecule has 1 aliphatic heterocycles. The first-order chi connectivity index (χ1) is 9.10. The molecule has 106 valence electrons. The van der Waals surface area contributed by atoms with E-state index in [1.54, 1.807) is 0 Å². The van der Waals surface area contributed by atoms with Gasteiger partial charge in [-0.1, -0.05) is 12.1 Å². The van der Waals surface area contributed by atoms with Gasteiger partial charge in [0, 0.05) is 25.6 Å². The molecule has 0 saturated carbocycles. The number of likely N-dealkylation sites (tertiary alicyclic amines) is 1. The second kappa shape index (κ2) is 6.14. The van der Waals surface area contributed by atoms with Crippen molar-refractivity contribution in [2.45, 2.75) is 52.1 Å². The summed E-state index contributed by atoms with van der Waals surface area (Å²) in [4.78, 5) is 18.0. The third-order valence-corrected chi connectivity index (χ3v) is 3.66. The van der Waals surface area contributed by atoms with Crippen LogP contribution in [-0.2, 0) is 4.79 Å². The third kappa shape index (κ3) is 3.53. The lowest BCUT2D eigenvalue weighted by Crippen LogP contribution is -2.45. The highest BCUT2D eigenvalue weighted by atomic mass is 16.5. The molecule has 1 aromatic heterocycles. The molecule has 1 atom stereocenters. The van der Waals surface area contributed by atoms with Crippen molar-refractivity contribution in [1.82, 2.24) is 20.4 Å². The van der Waals surface area contributed by atoms with Crippen molar-refractivity contribution >= 4 is 5.91 Å². The van der Waals surface area contributed by atoms with E-state index in [-0.39, 0.29) is 11.9 Å². The molecule has 1 N–H and O–H groups in total. The molecule has 1 unspecified atom stereocenters. The van der Waals surface area contributed by atoms with E-state index in [1.165, 1.54) is 0 Å². The van der Waals surface area contributed by atoms with Crippen LogP contribution < -0.4 is 5.32 Å². The highest BCUT2D eigenvalue weighted by Crippen LogP contribution is 2.22. The molecule has 0 aliphatic carbocycles. The fraction of sp³-hybridized carbons (Fsp3) is 0.769. The van der Waals surface area contributed by atoms with Gasteiger partial charge < -0.3 is 9.84 Å². The number of hydrogen-bond acceptors (Lipinski definition) is 5. The van der Waals surface area contributed by atoms with Crippen LogP contribution in [0.1, 0.15) is 50.9 Å². The minimum atomic E-state index is 0.138. The number of piperidine rings is 1. The zero-order valence-electron chi connectivity index (χ0n) is 11.8. The van der Waals surface area contributed by atoms with Crippen molar-refractivity contribution in [1.29, 1.82) is 0 Å². The molecule has 2 rings (SSSR count). The summed E-state index contributed by atoms with van der Waals surface area (Å²) in [5.74, 6) is 1.49. The van der Waals surface area contributed by atoms with Crippen molar-refractivity contribution < 1.29 is 9.32 Å². The standard InChI is InChI=1S/C13H22N4O2/c1-4-12(18)15-11-5-7-17(8-6-11)9(2)13-14-10(3)16-19-13/h9,11H,4-8H2,1-3H3,(H,15,18). The average molecular weight is 266 g/mol. The molecule has 1 saturated heterocycles. The average Bonchev–Trinajstić information content (AvgIpc) is 2.85. The van der Waals surface area contributed by atoms with Gasteiger partial charge in [0.05, 0.1) is 6.04 Å². The maximum Gasteiger partial charge on any atom is 0.243 e. The number of amides is 1. The zero-order chi connectivity index (χ0) is 13.8. The zero-order valence-corrected chi connectivity index (χ0v) is 11.8. The summed E-state index contributed by atoms with van der Waals surface area (Å²) >= 11 is 0. The minimum absolute atomic E-state index is 0.138. The van der Waals surface area contributed by atoms with Crippen LogP contribution in [0, 0.1) is 6.92 Å².